The van der Waals surface area contributed by atoms with Crippen LogP contribution in [0.5, 0.6) is 0 Å². The first-order valence-corrected chi connectivity index (χ1v) is 4.96. The molecule has 1 atom stereocenters. The molecule has 3 heteroatoms. The van der Waals surface area contributed by atoms with E-state index in [0.29, 0.717) is 0 Å². The van der Waals surface area contributed by atoms with Gasteiger partial charge in [-0.15, -0.1) is 11.6 Å². The molecule has 0 aliphatic carbocycles. The third-order valence-corrected chi connectivity index (χ3v) is 2.49. The molecule has 72 valence electrons. The molecule has 13 heavy (non-hydrogen) atoms. The van der Waals surface area contributed by atoms with Crippen molar-refractivity contribution < 1.29 is 0 Å². The predicted octanol–water partition coefficient (Wildman–Crippen LogP) is 3.18. The monoisotopic (exact) mass is 217 g/mol. The van der Waals surface area contributed by atoms with Crippen molar-refractivity contribution in [3.05, 3.63) is 34.9 Å². The van der Waals surface area contributed by atoms with Gasteiger partial charge in [-0.25, -0.2) is 0 Å². The number of rotatable bonds is 3. The molecule has 0 unspecified atom stereocenters. The zero-order valence-corrected chi connectivity index (χ0v) is 9.31. The van der Waals surface area contributed by atoms with Gasteiger partial charge in [0.25, 0.3) is 0 Å². The molecule has 1 nitrogen and oxygen atoms in total. The summed E-state index contributed by atoms with van der Waals surface area (Å²) >= 11 is 12.2. The Morgan fingerprint density at radius 3 is 2.46 bits per heavy atom. The Hall–Kier alpha value is -0.240. The van der Waals surface area contributed by atoms with Gasteiger partial charge < -0.3 is 4.90 Å². The van der Waals surface area contributed by atoms with Crippen LogP contribution < -0.4 is 0 Å². The van der Waals surface area contributed by atoms with Crippen molar-refractivity contribution in [3.8, 4) is 0 Å². The van der Waals surface area contributed by atoms with Gasteiger partial charge in [0, 0.05) is 11.6 Å². The molecule has 1 aromatic rings. The predicted molar refractivity (Wildman–Crippen MR) is 58.6 cm³/mol. The van der Waals surface area contributed by atoms with Gasteiger partial charge in [0.05, 0.1) is 5.38 Å². The first-order chi connectivity index (χ1) is 6.11. The molecule has 0 aromatic heterocycles. The second kappa shape index (κ2) is 4.85. The molecule has 0 saturated heterocycles. The topological polar surface area (TPSA) is 3.24 Å². The van der Waals surface area contributed by atoms with Crippen molar-refractivity contribution in [3.63, 3.8) is 0 Å². The number of hydrogen-bond acceptors (Lipinski definition) is 1. The summed E-state index contributed by atoms with van der Waals surface area (Å²) in [5.74, 6) is 0. The first kappa shape index (κ1) is 10.8. The summed E-state index contributed by atoms with van der Waals surface area (Å²) in [6.07, 6.45) is 0. The quantitative estimate of drug-likeness (QED) is 0.704. The highest BCUT2D eigenvalue weighted by molar-refractivity contribution is 6.32. The van der Waals surface area contributed by atoms with E-state index in [0.717, 1.165) is 17.1 Å². The maximum atomic E-state index is 6.18. The highest BCUT2D eigenvalue weighted by Gasteiger charge is 2.11. The molecule has 0 aliphatic rings. The van der Waals surface area contributed by atoms with Crippen LogP contribution in [0.25, 0.3) is 0 Å². The fraction of sp³-hybridized carbons (Fsp3) is 0.400. The van der Waals surface area contributed by atoms with Crippen LogP contribution in [0.15, 0.2) is 24.3 Å². The van der Waals surface area contributed by atoms with Crippen LogP contribution in [0, 0.1) is 0 Å². The van der Waals surface area contributed by atoms with Crippen molar-refractivity contribution in [2.45, 2.75) is 5.38 Å². The summed E-state index contributed by atoms with van der Waals surface area (Å²) < 4.78 is 0. The second-order valence-corrected chi connectivity index (χ2v) is 4.19. The number of alkyl halides is 1. The molecule has 0 heterocycles. The molecule has 0 saturated carbocycles. The Morgan fingerprint density at radius 2 is 1.92 bits per heavy atom. The largest absolute Gasteiger partial charge is 0.308 e. The van der Waals surface area contributed by atoms with E-state index in [1.54, 1.807) is 0 Å². The first-order valence-electron chi connectivity index (χ1n) is 4.14. The minimum atomic E-state index is -0.0382. The van der Waals surface area contributed by atoms with Crippen LogP contribution in [-0.2, 0) is 0 Å². The molecular formula is C10H13Cl2N. The maximum absolute atomic E-state index is 6.18. The van der Waals surface area contributed by atoms with Crippen molar-refractivity contribution >= 4 is 23.2 Å². The van der Waals surface area contributed by atoms with E-state index in [1.807, 2.05) is 43.3 Å². The third kappa shape index (κ3) is 3.18. The lowest BCUT2D eigenvalue weighted by molar-refractivity contribution is 0.408. The zero-order chi connectivity index (χ0) is 9.84. The van der Waals surface area contributed by atoms with Gasteiger partial charge in [0.2, 0.25) is 0 Å². The second-order valence-electron chi connectivity index (χ2n) is 3.25. The number of nitrogens with zero attached hydrogens (tertiary/aromatic N) is 1. The Morgan fingerprint density at radius 1 is 1.31 bits per heavy atom. The average Bonchev–Trinajstić information content (AvgIpc) is 2.03. The normalized spacial score (nSPS) is 13.3. The summed E-state index contributed by atoms with van der Waals surface area (Å²) in [5, 5.41) is 0.702. The van der Waals surface area contributed by atoms with E-state index >= 15 is 0 Å². The molecule has 0 spiro atoms. The highest BCUT2D eigenvalue weighted by atomic mass is 35.5. The van der Waals surface area contributed by atoms with E-state index in [9.17, 15) is 0 Å². The van der Waals surface area contributed by atoms with Crippen LogP contribution >= 0.6 is 23.2 Å². The number of likely N-dealkylation sites (N-methyl/N-ethyl adjacent to an activating group) is 1. The van der Waals surface area contributed by atoms with Crippen LogP contribution in [0.2, 0.25) is 5.02 Å². The molecule has 0 aliphatic heterocycles. The SMILES string of the molecule is CN(C)C[C@@H](Cl)c1ccccc1Cl. The summed E-state index contributed by atoms with van der Waals surface area (Å²) in [6, 6.07) is 7.68. The molecule has 0 radical (unpaired) electrons. The Kier molecular flexibility index (Phi) is 4.04. The van der Waals surface area contributed by atoms with Crippen LogP contribution in [0.3, 0.4) is 0 Å². The fourth-order valence-electron chi connectivity index (χ4n) is 1.15. The van der Waals surface area contributed by atoms with Crippen LogP contribution in [-0.4, -0.2) is 25.5 Å². The molecule has 0 amide bonds. The Labute approximate surface area is 89.3 Å². The summed E-state index contributed by atoms with van der Waals surface area (Å²) in [5.41, 5.74) is 1.000. The van der Waals surface area contributed by atoms with E-state index in [4.69, 9.17) is 23.2 Å². The lowest BCUT2D eigenvalue weighted by atomic mass is 10.1. The minimum absolute atomic E-state index is 0.0382. The van der Waals surface area contributed by atoms with Gasteiger partial charge in [-0.2, -0.15) is 0 Å². The van der Waals surface area contributed by atoms with Gasteiger partial charge in [0.15, 0.2) is 0 Å². The summed E-state index contributed by atoms with van der Waals surface area (Å²) in [4.78, 5) is 2.04. The summed E-state index contributed by atoms with van der Waals surface area (Å²) in [7, 11) is 3.98. The average molecular weight is 218 g/mol. The number of hydrogen-bond donors (Lipinski definition) is 0. The zero-order valence-electron chi connectivity index (χ0n) is 7.80. The van der Waals surface area contributed by atoms with Crippen LogP contribution in [0.1, 0.15) is 10.9 Å². The molecular weight excluding hydrogens is 205 g/mol. The molecule has 1 aromatic carbocycles. The van der Waals surface area contributed by atoms with Gasteiger partial charge in [-0.05, 0) is 25.7 Å². The van der Waals surface area contributed by atoms with Gasteiger partial charge in [-0.3, -0.25) is 0 Å². The molecule has 0 N–H and O–H groups in total. The van der Waals surface area contributed by atoms with E-state index in [1.165, 1.54) is 0 Å². The van der Waals surface area contributed by atoms with Crippen molar-refractivity contribution in [1.29, 1.82) is 0 Å². The minimum Gasteiger partial charge on any atom is -0.308 e. The Bertz CT molecular complexity index is 273. The molecule has 0 fully saturated rings. The third-order valence-electron chi connectivity index (χ3n) is 1.77. The fourth-order valence-corrected chi connectivity index (χ4v) is 1.94. The van der Waals surface area contributed by atoms with Crippen molar-refractivity contribution in [2.24, 2.45) is 0 Å². The van der Waals surface area contributed by atoms with E-state index in [-0.39, 0.29) is 5.38 Å². The van der Waals surface area contributed by atoms with E-state index in [2.05, 4.69) is 0 Å². The van der Waals surface area contributed by atoms with Crippen molar-refractivity contribution in [2.75, 3.05) is 20.6 Å². The molecule has 0 bridgehead atoms. The Balaban J connectivity index is 2.76. The lowest BCUT2D eigenvalue weighted by Crippen LogP contribution is -2.17. The van der Waals surface area contributed by atoms with Gasteiger partial charge in [-0.1, -0.05) is 29.8 Å². The maximum Gasteiger partial charge on any atom is 0.0726 e. The number of benzene rings is 1. The van der Waals surface area contributed by atoms with Gasteiger partial charge >= 0.3 is 0 Å². The smallest absolute Gasteiger partial charge is 0.0726 e. The van der Waals surface area contributed by atoms with Crippen molar-refractivity contribution in [1.82, 2.24) is 4.90 Å². The number of halogens is 2. The van der Waals surface area contributed by atoms with Gasteiger partial charge in [0.1, 0.15) is 0 Å². The lowest BCUT2D eigenvalue weighted by Gasteiger charge is -2.16. The molecule has 1 rings (SSSR count). The standard InChI is InChI=1S/C10H13Cl2N/c1-13(2)7-10(12)8-5-3-4-6-9(8)11/h3-6,10H,7H2,1-2H3/t10-/m1/s1. The summed E-state index contributed by atoms with van der Waals surface area (Å²) in [6.45, 7) is 0.797. The highest BCUT2D eigenvalue weighted by Crippen LogP contribution is 2.27. The van der Waals surface area contributed by atoms with E-state index < -0.39 is 0 Å². The van der Waals surface area contributed by atoms with Crippen LogP contribution in [0.4, 0.5) is 0 Å².